The maximum absolute atomic E-state index is 7.14. The molecule has 0 aromatic heterocycles. The number of hydrogen-bond donors (Lipinski definition) is 1. The van der Waals surface area contributed by atoms with Crippen LogP contribution in [0.2, 0.25) is 0 Å². The fourth-order valence-corrected chi connectivity index (χ4v) is 1.31. The summed E-state index contributed by atoms with van der Waals surface area (Å²) in [5, 5.41) is 8.08. The number of nitrogens with one attached hydrogen (secondary N) is 1. The van der Waals surface area contributed by atoms with Crippen molar-refractivity contribution in [3.8, 4) is 0 Å². The van der Waals surface area contributed by atoms with Gasteiger partial charge in [-0.05, 0) is 0 Å². The lowest BCUT2D eigenvalue weighted by Crippen LogP contribution is -2.16. The monoisotopic (exact) mass is 143 g/mol. The van der Waals surface area contributed by atoms with E-state index in [2.05, 4.69) is 4.99 Å². The van der Waals surface area contributed by atoms with Crippen LogP contribution in [0.4, 0.5) is 0 Å². The highest BCUT2D eigenvalue weighted by molar-refractivity contribution is 8.14. The first-order chi connectivity index (χ1) is 4.20. The molecule has 50 valence electrons. The summed E-state index contributed by atoms with van der Waals surface area (Å²) in [6.45, 7) is 0. The van der Waals surface area contributed by atoms with Crippen LogP contribution in [0.5, 0.6) is 0 Å². The average molecular weight is 143 g/mol. The van der Waals surface area contributed by atoms with E-state index in [1.54, 1.807) is 11.8 Å². The second-order valence-electron chi connectivity index (χ2n) is 2.02. The van der Waals surface area contributed by atoms with Gasteiger partial charge in [0, 0.05) is 14.1 Å². The van der Waals surface area contributed by atoms with E-state index in [1.807, 2.05) is 19.0 Å². The van der Waals surface area contributed by atoms with Crippen molar-refractivity contribution in [3.63, 3.8) is 0 Å². The predicted molar refractivity (Wildman–Crippen MR) is 41.3 cm³/mol. The largest absolute Gasteiger partial charge is 0.357 e. The molecule has 0 aromatic rings. The summed E-state index contributed by atoms with van der Waals surface area (Å²) in [6, 6.07) is 0. The first-order valence-electron chi connectivity index (χ1n) is 2.66. The van der Waals surface area contributed by atoms with E-state index in [0.717, 1.165) is 10.9 Å². The Bertz CT molecular complexity index is 162. The van der Waals surface area contributed by atoms with Crippen molar-refractivity contribution in [2.45, 2.75) is 0 Å². The molecule has 0 radical (unpaired) electrons. The van der Waals surface area contributed by atoms with E-state index >= 15 is 0 Å². The van der Waals surface area contributed by atoms with Crippen molar-refractivity contribution in [2.24, 2.45) is 4.99 Å². The van der Waals surface area contributed by atoms with Gasteiger partial charge in [0.1, 0.15) is 5.84 Å². The summed E-state index contributed by atoms with van der Waals surface area (Å²) >= 11 is 1.61. The lowest BCUT2D eigenvalue weighted by molar-refractivity contribution is 0.638. The highest BCUT2D eigenvalue weighted by atomic mass is 32.2. The zero-order valence-electron chi connectivity index (χ0n) is 5.51. The van der Waals surface area contributed by atoms with Crippen LogP contribution in [0.3, 0.4) is 0 Å². The van der Waals surface area contributed by atoms with E-state index in [1.165, 1.54) is 0 Å². The minimum atomic E-state index is 0.476. The summed E-state index contributed by atoms with van der Waals surface area (Å²) in [5.74, 6) is 1.21. The summed E-state index contributed by atoms with van der Waals surface area (Å²) < 4.78 is 0. The van der Waals surface area contributed by atoms with Crippen LogP contribution in [0.15, 0.2) is 4.99 Å². The van der Waals surface area contributed by atoms with Crippen molar-refractivity contribution in [1.82, 2.24) is 4.90 Å². The molecule has 3 nitrogen and oxygen atoms in total. The number of thioether (sulfide) groups is 1. The third-order valence-electron chi connectivity index (χ3n) is 0.951. The number of rotatable bonds is 0. The number of aliphatic imine (C=N–C) groups is 1. The summed E-state index contributed by atoms with van der Waals surface area (Å²) in [7, 11) is 3.87. The fourth-order valence-electron chi connectivity index (χ4n) is 0.542. The molecule has 1 rings (SSSR count). The van der Waals surface area contributed by atoms with E-state index in [-0.39, 0.29) is 0 Å². The molecular formula is C5H9N3S. The first kappa shape index (κ1) is 6.61. The zero-order valence-corrected chi connectivity index (χ0v) is 6.33. The standard InChI is InChI=1S/C5H9N3S/c1-8(2)5-7-4(6)3-9-5/h6H,3H2,1-2H3. The molecule has 0 amide bonds. The van der Waals surface area contributed by atoms with Crippen molar-refractivity contribution in [3.05, 3.63) is 0 Å². The van der Waals surface area contributed by atoms with Crippen LogP contribution >= 0.6 is 11.8 Å². The Balaban J connectivity index is 2.62. The normalized spacial score (nSPS) is 18.0. The van der Waals surface area contributed by atoms with Crippen LogP contribution in [0, 0.1) is 5.41 Å². The molecule has 0 bridgehead atoms. The summed E-state index contributed by atoms with van der Waals surface area (Å²) in [6.07, 6.45) is 0. The van der Waals surface area contributed by atoms with Crippen molar-refractivity contribution < 1.29 is 0 Å². The lowest BCUT2D eigenvalue weighted by Gasteiger charge is -2.08. The lowest BCUT2D eigenvalue weighted by atomic mass is 10.7. The average Bonchev–Trinajstić information content (AvgIpc) is 2.14. The second kappa shape index (κ2) is 2.39. The Morgan fingerprint density at radius 2 is 2.33 bits per heavy atom. The Hall–Kier alpha value is -0.510. The molecule has 1 aliphatic heterocycles. The van der Waals surface area contributed by atoms with Gasteiger partial charge in [-0.1, -0.05) is 11.8 Å². The van der Waals surface area contributed by atoms with Gasteiger partial charge in [-0.25, -0.2) is 4.99 Å². The molecule has 0 atom stereocenters. The molecule has 0 aliphatic carbocycles. The SMILES string of the molecule is CN(C)C1=NC(=N)CS1. The van der Waals surface area contributed by atoms with Crippen LogP contribution in [-0.2, 0) is 0 Å². The van der Waals surface area contributed by atoms with Crippen molar-refractivity contribution in [2.75, 3.05) is 19.8 Å². The minimum Gasteiger partial charge on any atom is -0.357 e. The van der Waals surface area contributed by atoms with Gasteiger partial charge >= 0.3 is 0 Å². The highest BCUT2D eigenvalue weighted by Gasteiger charge is 2.12. The molecule has 4 heteroatoms. The second-order valence-corrected chi connectivity index (χ2v) is 2.97. The van der Waals surface area contributed by atoms with Crippen molar-refractivity contribution >= 4 is 22.8 Å². The van der Waals surface area contributed by atoms with E-state index in [4.69, 9.17) is 5.41 Å². The fraction of sp³-hybridized carbons (Fsp3) is 0.600. The first-order valence-corrected chi connectivity index (χ1v) is 3.65. The molecule has 0 spiro atoms. The van der Waals surface area contributed by atoms with E-state index in [9.17, 15) is 0 Å². The third kappa shape index (κ3) is 1.45. The van der Waals surface area contributed by atoms with Crippen LogP contribution in [0.25, 0.3) is 0 Å². The molecule has 1 heterocycles. The Kier molecular flexibility index (Phi) is 1.75. The summed E-state index contributed by atoms with van der Waals surface area (Å²) in [5.41, 5.74) is 0. The van der Waals surface area contributed by atoms with Gasteiger partial charge in [-0.3, -0.25) is 5.41 Å². The van der Waals surface area contributed by atoms with Gasteiger partial charge in [-0.2, -0.15) is 0 Å². The van der Waals surface area contributed by atoms with Gasteiger partial charge in [0.2, 0.25) is 0 Å². The topological polar surface area (TPSA) is 39.5 Å². The maximum Gasteiger partial charge on any atom is 0.165 e. The van der Waals surface area contributed by atoms with Crippen LogP contribution in [0.1, 0.15) is 0 Å². The van der Waals surface area contributed by atoms with Gasteiger partial charge in [0.05, 0.1) is 5.75 Å². The van der Waals surface area contributed by atoms with E-state index in [0.29, 0.717) is 5.84 Å². The molecule has 9 heavy (non-hydrogen) atoms. The molecule has 0 aromatic carbocycles. The molecule has 0 saturated carbocycles. The predicted octanol–water partition coefficient (Wildman–Crippen LogP) is 0.628. The Morgan fingerprint density at radius 1 is 1.67 bits per heavy atom. The maximum atomic E-state index is 7.14. The Morgan fingerprint density at radius 3 is 2.56 bits per heavy atom. The van der Waals surface area contributed by atoms with Crippen molar-refractivity contribution in [1.29, 1.82) is 5.41 Å². The van der Waals surface area contributed by atoms with Crippen LogP contribution in [-0.4, -0.2) is 35.8 Å². The molecule has 0 saturated heterocycles. The Labute approximate surface area is 58.7 Å². The molecular weight excluding hydrogens is 134 g/mol. The summed E-state index contributed by atoms with van der Waals surface area (Å²) in [4.78, 5) is 5.90. The number of nitrogens with zero attached hydrogens (tertiary/aromatic N) is 2. The van der Waals surface area contributed by atoms with Gasteiger partial charge in [0.25, 0.3) is 0 Å². The molecule has 1 aliphatic rings. The van der Waals surface area contributed by atoms with Gasteiger partial charge < -0.3 is 4.90 Å². The van der Waals surface area contributed by atoms with Gasteiger partial charge in [0.15, 0.2) is 5.17 Å². The van der Waals surface area contributed by atoms with Crippen LogP contribution < -0.4 is 0 Å². The number of amidine groups is 2. The van der Waals surface area contributed by atoms with Gasteiger partial charge in [-0.15, -0.1) is 0 Å². The third-order valence-corrected chi connectivity index (χ3v) is 2.08. The molecule has 1 N–H and O–H groups in total. The smallest absolute Gasteiger partial charge is 0.165 e. The highest BCUT2D eigenvalue weighted by Crippen LogP contribution is 2.13. The zero-order chi connectivity index (χ0) is 6.85. The van der Waals surface area contributed by atoms with E-state index < -0.39 is 0 Å². The minimum absolute atomic E-state index is 0.476. The quantitative estimate of drug-likeness (QED) is 0.540. The molecule has 0 unspecified atom stereocenters. The molecule has 0 fully saturated rings. The number of hydrogen-bond acceptors (Lipinski definition) is 3.